The van der Waals surface area contributed by atoms with Crippen LogP contribution in [0.25, 0.3) is 33.1 Å². The third-order valence-electron chi connectivity index (χ3n) is 5.76. The van der Waals surface area contributed by atoms with E-state index < -0.39 is 0 Å². The van der Waals surface area contributed by atoms with Gasteiger partial charge in [0.1, 0.15) is 12.4 Å². The first kappa shape index (κ1) is 18.0. The number of aromatic nitrogens is 2. The molecule has 0 atom stereocenters. The van der Waals surface area contributed by atoms with Crippen molar-refractivity contribution in [1.29, 1.82) is 0 Å². The number of fused-ring (bicyclic) bond motifs is 2. The molecule has 0 spiro atoms. The lowest BCUT2D eigenvalue weighted by Crippen LogP contribution is -2.33. The highest BCUT2D eigenvalue weighted by Gasteiger charge is 2.11. The smallest absolute Gasteiger partial charge is 0.257 e. The summed E-state index contributed by atoms with van der Waals surface area (Å²) in [5.41, 5.74) is 3.22. The van der Waals surface area contributed by atoms with E-state index in [9.17, 15) is 4.79 Å². The average Bonchev–Trinajstić information content (AvgIpc) is 3.17. The number of para-hydroxylation sites is 1. The van der Waals surface area contributed by atoms with Gasteiger partial charge in [0.25, 0.3) is 5.56 Å². The third-order valence-corrected chi connectivity index (χ3v) is 5.76. The summed E-state index contributed by atoms with van der Waals surface area (Å²) >= 11 is 0. The number of nitrogens with zero attached hydrogens (tertiary/aromatic N) is 1. The van der Waals surface area contributed by atoms with Crippen LogP contribution < -0.4 is 10.3 Å². The van der Waals surface area contributed by atoms with E-state index in [-0.39, 0.29) is 5.56 Å². The van der Waals surface area contributed by atoms with Gasteiger partial charge in [-0.25, -0.2) is 0 Å². The molecule has 2 N–H and O–H groups in total. The molecule has 0 unspecified atom stereocenters. The fourth-order valence-corrected chi connectivity index (χ4v) is 4.17. The molecule has 4 aromatic rings. The number of piperidine rings is 1. The summed E-state index contributed by atoms with van der Waals surface area (Å²) in [5.74, 6) is 0.868. The van der Waals surface area contributed by atoms with E-state index in [2.05, 4.69) is 14.9 Å². The summed E-state index contributed by atoms with van der Waals surface area (Å²) in [6.45, 7) is 4.05. The minimum absolute atomic E-state index is 0.0896. The monoisotopic (exact) mass is 387 g/mol. The molecule has 5 rings (SSSR count). The van der Waals surface area contributed by atoms with Gasteiger partial charge in [0, 0.05) is 23.0 Å². The molecule has 1 fully saturated rings. The third kappa shape index (κ3) is 3.78. The molecule has 5 heteroatoms. The van der Waals surface area contributed by atoms with Gasteiger partial charge in [-0.15, -0.1) is 0 Å². The first-order chi connectivity index (χ1) is 14.3. The van der Waals surface area contributed by atoms with Crippen molar-refractivity contribution in [3.63, 3.8) is 0 Å². The number of likely N-dealkylation sites (tertiary alicyclic amines) is 1. The Morgan fingerprint density at radius 3 is 2.59 bits per heavy atom. The molecule has 29 heavy (non-hydrogen) atoms. The molecule has 3 heterocycles. The van der Waals surface area contributed by atoms with E-state index in [4.69, 9.17) is 4.74 Å². The molecule has 0 saturated carbocycles. The van der Waals surface area contributed by atoms with Crippen LogP contribution in [0.3, 0.4) is 0 Å². The molecule has 5 nitrogen and oxygen atoms in total. The molecule has 0 amide bonds. The van der Waals surface area contributed by atoms with Crippen LogP contribution in [0, 0.1) is 0 Å². The Morgan fingerprint density at radius 2 is 1.69 bits per heavy atom. The summed E-state index contributed by atoms with van der Waals surface area (Å²) in [6, 6.07) is 17.8. The highest BCUT2D eigenvalue weighted by molar-refractivity contribution is 5.89. The molecular formula is C24H25N3O2. The fourth-order valence-electron chi connectivity index (χ4n) is 4.17. The van der Waals surface area contributed by atoms with Gasteiger partial charge in [-0.1, -0.05) is 24.6 Å². The van der Waals surface area contributed by atoms with Crippen molar-refractivity contribution in [3.05, 3.63) is 65.0 Å². The predicted molar refractivity (Wildman–Crippen MR) is 118 cm³/mol. The molecule has 148 valence electrons. The highest BCUT2D eigenvalue weighted by atomic mass is 16.5. The molecule has 2 aromatic heterocycles. The normalized spacial score (nSPS) is 15.2. The second-order valence-electron chi connectivity index (χ2n) is 7.78. The van der Waals surface area contributed by atoms with Crippen LogP contribution in [0.15, 0.2) is 59.4 Å². The maximum absolute atomic E-state index is 12.6. The Kier molecular flexibility index (Phi) is 4.82. The maximum Gasteiger partial charge on any atom is 0.257 e. The van der Waals surface area contributed by atoms with Gasteiger partial charge in [0.2, 0.25) is 0 Å². The zero-order valence-electron chi connectivity index (χ0n) is 16.4. The van der Waals surface area contributed by atoms with Crippen LogP contribution in [0.2, 0.25) is 0 Å². The SMILES string of the molecule is O=c1[nH]c2ccccc2cc1-c1cc2cc(OCCN3CCCCC3)ccc2[nH]1. The summed E-state index contributed by atoms with van der Waals surface area (Å²) in [4.78, 5) is 21.4. The van der Waals surface area contributed by atoms with Gasteiger partial charge in [0.15, 0.2) is 0 Å². The highest BCUT2D eigenvalue weighted by Crippen LogP contribution is 2.27. The van der Waals surface area contributed by atoms with Crippen molar-refractivity contribution in [2.24, 2.45) is 0 Å². The van der Waals surface area contributed by atoms with Crippen LogP contribution in [0.4, 0.5) is 0 Å². The molecule has 0 aliphatic carbocycles. The lowest BCUT2D eigenvalue weighted by molar-refractivity contribution is 0.183. The number of benzene rings is 2. The lowest BCUT2D eigenvalue weighted by atomic mass is 10.1. The summed E-state index contributed by atoms with van der Waals surface area (Å²) < 4.78 is 5.99. The molecule has 2 aromatic carbocycles. The van der Waals surface area contributed by atoms with Crippen molar-refractivity contribution in [2.45, 2.75) is 19.3 Å². The lowest BCUT2D eigenvalue weighted by Gasteiger charge is -2.26. The molecule has 1 saturated heterocycles. The van der Waals surface area contributed by atoms with E-state index in [0.29, 0.717) is 12.2 Å². The van der Waals surface area contributed by atoms with Crippen LogP contribution in [0.5, 0.6) is 5.75 Å². The van der Waals surface area contributed by atoms with E-state index in [1.54, 1.807) is 0 Å². The van der Waals surface area contributed by atoms with Crippen molar-refractivity contribution in [1.82, 2.24) is 14.9 Å². The van der Waals surface area contributed by atoms with Crippen molar-refractivity contribution < 1.29 is 4.74 Å². The van der Waals surface area contributed by atoms with Gasteiger partial charge in [-0.3, -0.25) is 9.69 Å². The number of nitrogens with one attached hydrogen (secondary N) is 2. The largest absolute Gasteiger partial charge is 0.492 e. The van der Waals surface area contributed by atoms with E-state index in [0.717, 1.165) is 39.8 Å². The van der Waals surface area contributed by atoms with E-state index in [1.165, 1.54) is 32.4 Å². The van der Waals surface area contributed by atoms with Crippen molar-refractivity contribution >= 4 is 21.8 Å². The first-order valence-corrected chi connectivity index (χ1v) is 10.4. The summed E-state index contributed by atoms with van der Waals surface area (Å²) in [7, 11) is 0. The first-order valence-electron chi connectivity index (χ1n) is 10.4. The van der Waals surface area contributed by atoms with Crippen LogP contribution in [-0.4, -0.2) is 41.1 Å². The number of hydrogen-bond acceptors (Lipinski definition) is 3. The van der Waals surface area contributed by atoms with Gasteiger partial charge in [-0.2, -0.15) is 0 Å². The van der Waals surface area contributed by atoms with Gasteiger partial charge in [-0.05, 0) is 67.7 Å². The summed E-state index contributed by atoms with van der Waals surface area (Å²) in [5, 5.41) is 2.06. The zero-order chi connectivity index (χ0) is 19.6. The van der Waals surface area contributed by atoms with Crippen molar-refractivity contribution in [2.75, 3.05) is 26.2 Å². The Morgan fingerprint density at radius 1 is 0.862 bits per heavy atom. The van der Waals surface area contributed by atoms with Gasteiger partial charge < -0.3 is 14.7 Å². The number of hydrogen-bond donors (Lipinski definition) is 2. The molecule has 1 aliphatic rings. The van der Waals surface area contributed by atoms with E-state index >= 15 is 0 Å². The fraction of sp³-hybridized carbons (Fsp3) is 0.292. The topological polar surface area (TPSA) is 61.1 Å². The number of rotatable bonds is 5. The average molecular weight is 387 g/mol. The number of pyridine rings is 1. The number of H-pyrrole nitrogens is 2. The minimum Gasteiger partial charge on any atom is -0.492 e. The number of ether oxygens (including phenoxy) is 1. The zero-order valence-corrected chi connectivity index (χ0v) is 16.4. The summed E-state index contributed by atoms with van der Waals surface area (Å²) in [6.07, 6.45) is 3.95. The van der Waals surface area contributed by atoms with Gasteiger partial charge >= 0.3 is 0 Å². The van der Waals surface area contributed by atoms with Crippen molar-refractivity contribution in [3.8, 4) is 17.0 Å². The van der Waals surface area contributed by atoms with Crippen LogP contribution in [-0.2, 0) is 0 Å². The van der Waals surface area contributed by atoms with Crippen LogP contribution >= 0.6 is 0 Å². The second-order valence-corrected chi connectivity index (χ2v) is 7.78. The molecular weight excluding hydrogens is 362 g/mol. The van der Waals surface area contributed by atoms with Crippen LogP contribution in [0.1, 0.15) is 19.3 Å². The molecule has 1 aliphatic heterocycles. The second kappa shape index (κ2) is 7.76. The quantitative estimate of drug-likeness (QED) is 0.528. The van der Waals surface area contributed by atoms with Gasteiger partial charge in [0.05, 0.1) is 11.3 Å². The van der Waals surface area contributed by atoms with E-state index in [1.807, 2.05) is 54.6 Å². The molecule has 0 radical (unpaired) electrons. The number of aromatic amines is 2. The standard InChI is InChI=1S/C24H25N3O2/c28-24-20(15-17-6-2-3-7-21(17)26-24)23-16-18-14-19(8-9-22(18)25-23)29-13-12-27-10-4-1-5-11-27/h2-3,6-9,14-16,25H,1,4-5,10-13H2,(H,26,28). The Labute approximate surface area is 169 Å². The maximum atomic E-state index is 12.6. The Balaban J connectivity index is 1.36. The predicted octanol–water partition coefficient (Wildman–Crippen LogP) is 4.54. The Hall–Kier alpha value is -3.05. The molecule has 0 bridgehead atoms. The minimum atomic E-state index is -0.0896. The Bertz CT molecular complexity index is 1200.